The summed E-state index contributed by atoms with van der Waals surface area (Å²) in [7, 11) is 0. The van der Waals surface area contributed by atoms with Gasteiger partial charge in [0.25, 0.3) is 0 Å². The molecule has 2 aromatic carbocycles. The molecule has 28 heavy (non-hydrogen) atoms. The van der Waals surface area contributed by atoms with E-state index in [9.17, 15) is 9.59 Å². The fraction of sp³-hybridized carbons (Fsp3) is 0.261. The minimum Gasteiger partial charge on any atom is -0.310 e. The van der Waals surface area contributed by atoms with E-state index in [1.165, 1.54) is 0 Å². The normalized spacial score (nSPS) is 15.9. The van der Waals surface area contributed by atoms with Gasteiger partial charge in [-0.25, -0.2) is 4.68 Å². The van der Waals surface area contributed by atoms with Crippen molar-refractivity contribution in [3.05, 3.63) is 76.0 Å². The van der Waals surface area contributed by atoms with Crippen LogP contribution < -0.4 is 5.32 Å². The first-order valence-corrected chi connectivity index (χ1v) is 9.43. The Labute approximate surface area is 164 Å². The minimum absolute atomic E-state index is 0.0363. The van der Waals surface area contributed by atoms with Crippen molar-refractivity contribution in [2.24, 2.45) is 0 Å². The van der Waals surface area contributed by atoms with Crippen LogP contribution in [-0.4, -0.2) is 21.5 Å². The second kappa shape index (κ2) is 6.75. The highest BCUT2D eigenvalue weighted by molar-refractivity contribution is 6.08. The highest BCUT2D eigenvalue weighted by atomic mass is 16.2. The summed E-state index contributed by atoms with van der Waals surface area (Å²) in [4.78, 5) is 25.7. The summed E-state index contributed by atoms with van der Waals surface area (Å²) in [5.74, 6) is -0.126. The van der Waals surface area contributed by atoms with E-state index < -0.39 is 5.92 Å². The van der Waals surface area contributed by atoms with Gasteiger partial charge in [0.1, 0.15) is 5.82 Å². The van der Waals surface area contributed by atoms with Gasteiger partial charge in [-0.2, -0.15) is 5.10 Å². The van der Waals surface area contributed by atoms with E-state index in [-0.39, 0.29) is 18.1 Å². The lowest BCUT2D eigenvalue weighted by molar-refractivity contribution is -0.116. The molecule has 1 N–H and O–H groups in total. The van der Waals surface area contributed by atoms with Gasteiger partial charge in [0, 0.05) is 17.5 Å². The average molecular weight is 373 g/mol. The lowest BCUT2D eigenvalue weighted by atomic mass is 9.85. The molecule has 1 aliphatic heterocycles. The molecule has 4 rings (SSSR count). The molecule has 0 saturated heterocycles. The van der Waals surface area contributed by atoms with Crippen molar-refractivity contribution in [3.63, 3.8) is 0 Å². The van der Waals surface area contributed by atoms with Crippen LogP contribution in [0.4, 0.5) is 5.82 Å². The number of ketones is 1. The van der Waals surface area contributed by atoms with Gasteiger partial charge in [0.05, 0.1) is 17.3 Å². The number of rotatable bonds is 3. The zero-order chi connectivity index (χ0) is 20.0. The molecule has 0 saturated carbocycles. The molecule has 1 atom stereocenters. The van der Waals surface area contributed by atoms with E-state index in [1.54, 1.807) is 4.68 Å². The lowest BCUT2D eigenvalue weighted by Crippen LogP contribution is -2.28. The Bertz CT molecular complexity index is 1090. The molecule has 0 aliphatic carbocycles. The Morgan fingerprint density at radius 3 is 2.43 bits per heavy atom. The van der Waals surface area contributed by atoms with E-state index in [4.69, 9.17) is 0 Å². The lowest BCUT2D eigenvalue weighted by Gasteiger charge is -2.23. The summed E-state index contributed by atoms with van der Waals surface area (Å²) in [6, 6.07) is 13.6. The number of amides is 1. The van der Waals surface area contributed by atoms with Gasteiger partial charge < -0.3 is 5.32 Å². The highest BCUT2D eigenvalue weighted by Gasteiger charge is 2.36. The second-order valence-corrected chi connectivity index (χ2v) is 7.56. The van der Waals surface area contributed by atoms with Crippen LogP contribution in [0.2, 0.25) is 0 Å². The van der Waals surface area contributed by atoms with Crippen LogP contribution in [0.5, 0.6) is 0 Å². The number of aryl methyl sites for hydroxylation is 4. The van der Waals surface area contributed by atoms with Crippen LogP contribution in [0.15, 0.2) is 42.5 Å². The monoisotopic (exact) mass is 373 g/mol. The number of hydrogen-bond donors (Lipinski definition) is 1. The highest BCUT2D eigenvalue weighted by Crippen LogP contribution is 2.38. The van der Waals surface area contributed by atoms with Crippen molar-refractivity contribution >= 4 is 17.5 Å². The molecular weight excluding hydrogens is 350 g/mol. The van der Waals surface area contributed by atoms with Crippen molar-refractivity contribution in [2.45, 2.75) is 40.0 Å². The maximum absolute atomic E-state index is 13.3. The number of hydrogen-bond acceptors (Lipinski definition) is 3. The van der Waals surface area contributed by atoms with Crippen LogP contribution in [-0.2, 0) is 4.79 Å². The number of nitrogens with one attached hydrogen (secondary N) is 1. The number of carbonyl (C=O) groups excluding carboxylic acids is 2. The first kappa shape index (κ1) is 18.2. The Balaban J connectivity index is 1.81. The molecule has 1 aliphatic rings. The standard InChI is InChI=1S/C23H23N3O2/c1-13-5-9-18(10-6-13)26-23-21(16(4)25-26)19(12-20(27)24-23)22(28)17-8-7-14(2)15(3)11-17/h5-11,19H,12H2,1-4H3,(H,24,27). The molecule has 0 bridgehead atoms. The van der Waals surface area contributed by atoms with Crippen molar-refractivity contribution < 1.29 is 9.59 Å². The third-order valence-electron chi connectivity index (χ3n) is 5.49. The molecule has 0 radical (unpaired) electrons. The number of fused-ring (bicyclic) bond motifs is 1. The maximum Gasteiger partial charge on any atom is 0.226 e. The van der Waals surface area contributed by atoms with Crippen molar-refractivity contribution in [2.75, 3.05) is 5.32 Å². The summed E-state index contributed by atoms with van der Waals surface area (Å²) in [6.07, 6.45) is 0.138. The third kappa shape index (κ3) is 3.03. The average Bonchev–Trinajstić information content (AvgIpc) is 3.00. The molecule has 0 spiro atoms. The van der Waals surface area contributed by atoms with Crippen LogP contribution in [0.25, 0.3) is 5.69 Å². The Morgan fingerprint density at radius 2 is 1.75 bits per heavy atom. The molecule has 1 aromatic heterocycles. The smallest absolute Gasteiger partial charge is 0.226 e. The van der Waals surface area contributed by atoms with Crippen LogP contribution in [0, 0.1) is 27.7 Å². The number of nitrogens with zero attached hydrogens (tertiary/aromatic N) is 2. The number of Topliss-reactive ketones (excluding diaryl/α,β-unsaturated/α-hetero) is 1. The Morgan fingerprint density at radius 1 is 1.04 bits per heavy atom. The van der Waals surface area contributed by atoms with E-state index in [0.29, 0.717) is 11.4 Å². The summed E-state index contributed by atoms with van der Waals surface area (Å²) < 4.78 is 1.72. The van der Waals surface area contributed by atoms with Crippen LogP contribution in [0.3, 0.4) is 0 Å². The maximum atomic E-state index is 13.3. The molecule has 3 aromatic rings. The molecular formula is C23H23N3O2. The molecule has 142 valence electrons. The predicted octanol–water partition coefficient (Wildman–Crippen LogP) is 4.41. The summed E-state index contributed by atoms with van der Waals surface area (Å²) in [5.41, 5.74) is 6.42. The SMILES string of the molecule is Cc1ccc(-n2nc(C)c3c2NC(=O)CC3C(=O)c2ccc(C)c(C)c2)cc1. The molecule has 1 unspecified atom stereocenters. The first-order valence-electron chi connectivity index (χ1n) is 9.43. The largest absolute Gasteiger partial charge is 0.310 e. The van der Waals surface area contributed by atoms with E-state index >= 15 is 0 Å². The van der Waals surface area contributed by atoms with Gasteiger partial charge in [-0.1, -0.05) is 29.8 Å². The summed E-state index contributed by atoms with van der Waals surface area (Å²) in [6.45, 7) is 7.92. The van der Waals surface area contributed by atoms with Crippen LogP contribution >= 0.6 is 0 Å². The number of anilines is 1. The Hall–Kier alpha value is -3.21. The van der Waals surface area contributed by atoms with Gasteiger partial charge in [-0.15, -0.1) is 0 Å². The fourth-order valence-corrected chi connectivity index (χ4v) is 3.74. The summed E-state index contributed by atoms with van der Waals surface area (Å²) in [5, 5.41) is 7.56. The second-order valence-electron chi connectivity index (χ2n) is 7.56. The van der Waals surface area contributed by atoms with Crippen molar-refractivity contribution in [1.82, 2.24) is 9.78 Å². The Kier molecular flexibility index (Phi) is 4.38. The zero-order valence-electron chi connectivity index (χ0n) is 16.5. The fourth-order valence-electron chi connectivity index (χ4n) is 3.74. The van der Waals surface area contributed by atoms with Gasteiger partial charge in [-0.05, 0) is 57.0 Å². The first-order chi connectivity index (χ1) is 13.3. The number of benzene rings is 2. The predicted molar refractivity (Wildman–Crippen MR) is 109 cm³/mol. The van der Waals surface area contributed by atoms with E-state index in [0.717, 1.165) is 33.6 Å². The quantitative estimate of drug-likeness (QED) is 0.692. The van der Waals surface area contributed by atoms with Crippen LogP contribution in [0.1, 0.15) is 50.6 Å². The van der Waals surface area contributed by atoms with E-state index in [2.05, 4.69) is 10.4 Å². The topological polar surface area (TPSA) is 64.0 Å². The molecule has 2 heterocycles. The number of carbonyl (C=O) groups is 2. The molecule has 5 nitrogen and oxygen atoms in total. The van der Waals surface area contributed by atoms with Crippen molar-refractivity contribution in [1.29, 1.82) is 0 Å². The zero-order valence-corrected chi connectivity index (χ0v) is 16.5. The summed E-state index contributed by atoms with van der Waals surface area (Å²) >= 11 is 0. The van der Waals surface area contributed by atoms with Gasteiger partial charge in [0.2, 0.25) is 5.91 Å². The van der Waals surface area contributed by atoms with Gasteiger partial charge in [0.15, 0.2) is 5.78 Å². The van der Waals surface area contributed by atoms with Gasteiger partial charge >= 0.3 is 0 Å². The number of aromatic nitrogens is 2. The molecule has 5 heteroatoms. The molecule has 0 fully saturated rings. The van der Waals surface area contributed by atoms with E-state index in [1.807, 2.05) is 70.2 Å². The minimum atomic E-state index is -0.523. The van der Waals surface area contributed by atoms with Crippen molar-refractivity contribution in [3.8, 4) is 5.69 Å². The molecule has 1 amide bonds. The third-order valence-corrected chi connectivity index (χ3v) is 5.49. The van der Waals surface area contributed by atoms with Gasteiger partial charge in [-0.3, -0.25) is 9.59 Å².